The third-order valence-electron chi connectivity index (χ3n) is 0.333. The van der Waals surface area contributed by atoms with Crippen LogP contribution in [0.5, 0.6) is 0 Å². The fraction of sp³-hybridized carbons (Fsp3) is 0. The van der Waals surface area contributed by atoms with Gasteiger partial charge in [-0.15, -0.1) is 0 Å². The molecule has 9 nitrogen and oxygen atoms in total. The molecule has 0 saturated carbocycles. The molecule has 15 heavy (non-hydrogen) atoms. The van der Waals surface area contributed by atoms with Crippen molar-refractivity contribution in [3.8, 4) is 0 Å². The number of carboxylic acid groups (broad SMARTS) is 4. The monoisotopic (exact) mass is 274 g/mol. The first-order valence-corrected chi connectivity index (χ1v) is 2.13. The average Bonchev–Trinajstić information content (AvgIpc) is 1.88. The van der Waals surface area contributed by atoms with E-state index in [-0.39, 0.29) is 81.0 Å². The van der Waals surface area contributed by atoms with Gasteiger partial charge in [-0.25, -0.2) is 0 Å². The summed E-state index contributed by atoms with van der Waals surface area (Å²) in [5.41, 5.74) is 0. The van der Waals surface area contributed by atoms with E-state index >= 15 is 0 Å². The maximum Gasteiger partial charge on any atom is 2.00 e. The first-order valence-electron chi connectivity index (χ1n) is 2.13. The van der Waals surface area contributed by atoms with Crippen LogP contribution in [0.1, 0.15) is 0 Å². The SMILES string of the molecule is O.O=C([O-])C(=O)[O-].O=C([O-])C(=O)[O-].[Ca+2].[Ca+2]. The van der Waals surface area contributed by atoms with Gasteiger partial charge in [-0.2, -0.15) is 0 Å². The van der Waals surface area contributed by atoms with E-state index in [1.54, 1.807) is 0 Å². The summed E-state index contributed by atoms with van der Waals surface area (Å²) >= 11 is 0. The predicted octanol–water partition coefficient (Wildman–Crippen LogP) is -8.61. The molecule has 0 aromatic carbocycles. The minimum absolute atomic E-state index is 0. The number of carbonyl (C=O) groups excluding carboxylic acids is 4. The van der Waals surface area contributed by atoms with E-state index in [1.165, 1.54) is 0 Å². The summed E-state index contributed by atoms with van der Waals surface area (Å²) < 4.78 is 0. The zero-order valence-electron chi connectivity index (χ0n) is 7.18. The zero-order valence-corrected chi connectivity index (χ0v) is 11.6. The average molecular weight is 274 g/mol. The summed E-state index contributed by atoms with van der Waals surface area (Å²) in [5, 5.41) is 35.7. The standard InChI is InChI=1S/2C2H2O4.2Ca.H2O/c2*3-1(4)2(5)6;;;/h2*(H,3,4)(H,5,6);;;1H2/q;;2*+2;/p-4. The first kappa shape index (κ1) is 29.5. The molecule has 0 bridgehead atoms. The summed E-state index contributed by atoms with van der Waals surface area (Å²) in [7, 11) is 0. The van der Waals surface area contributed by atoms with Crippen LogP contribution in [0.25, 0.3) is 0 Å². The summed E-state index contributed by atoms with van der Waals surface area (Å²) in [6.07, 6.45) is 0. The topological polar surface area (TPSA) is 192 Å². The molecule has 0 aliphatic carbocycles. The Bertz CT molecular complexity index is 176. The number of hydrogen-bond donors (Lipinski definition) is 0. The Labute approximate surface area is 142 Å². The molecule has 0 amide bonds. The molecule has 0 aliphatic rings. The molecular formula is C4H2Ca2O9. The zero-order chi connectivity index (χ0) is 10.3. The summed E-state index contributed by atoms with van der Waals surface area (Å²) in [6, 6.07) is 0. The second-order valence-corrected chi connectivity index (χ2v) is 1.15. The molecule has 0 rings (SSSR count). The van der Waals surface area contributed by atoms with E-state index < -0.39 is 23.9 Å². The third kappa shape index (κ3) is 31.4. The minimum atomic E-state index is -2.19. The van der Waals surface area contributed by atoms with Crippen LogP contribution in [0.2, 0.25) is 0 Å². The molecule has 0 heterocycles. The first-order chi connectivity index (χ1) is 5.29. The van der Waals surface area contributed by atoms with Gasteiger partial charge in [0, 0.05) is 0 Å². The quantitative estimate of drug-likeness (QED) is 0.306. The van der Waals surface area contributed by atoms with Crippen LogP contribution in [0.3, 0.4) is 0 Å². The molecule has 0 aliphatic heterocycles. The van der Waals surface area contributed by atoms with E-state index in [2.05, 4.69) is 0 Å². The van der Waals surface area contributed by atoms with Crippen LogP contribution in [-0.2, 0) is 19.2 Å². The van der Waals surface area contributed by atoms with E-state index in [4.69, 9.17) is 39.6 Å². The fourth-order valence-electron chi connectivity index (χ4n) is 0. The number of hydrogen-bond acceptors (Lipinski definition) is 8. The molecule has 0 saturated heterocycles. The Morgan fingerprint density at radius 2 is 0.600 bits per heavy atom. The molecule has 0 aromatic rings. The molecule has 0 aromatic heterocycles. The predicted molar refractivity (Wildman–Crippen MR) is 35.1 cm³/mol. The van der Waals surface area contributed by atoms with Crippen molar-refractivity contribution >= 4 is 99.4 Å². The van der Waals surface area contributed by atoms with Crippen molar-refractivity contribution in [2.24, 2.45) is 0 Å². The molecule has 0 spiro atoms. The molecule has 0 fully saturated rings. The van der Waals surface area contributed by atoms with Crippen molar-refractivity contribution in [1.29, 1.82) is 0 Å². The van der Waals surface area contributed by atoms with Crippen LogP contribution >= 0.6 is 0 Å². The van der Waals surface area contributed by atoms with Gasteiger partial charge in [0.25, 0.3) is 0 Å². The van der Waals surface area contributed by atoms with Crippen LogP contribution in [-0.4, -0.2) is 105 Å². The van der Waals surface area contributed by atoms with Crippen molar-refractivity contribution in [2.45, 2.75) is 0 Å². The van der Waals surface area contributed by atoms with Crippen LogP contribution in [0, 0.1) is 0 Å². The van der Waals surface area contributed by atoms with Gasteiger partial charge < -0.3 is 45.1 Å². The summed E-state index contributed by atoms with van der Waals surface area (Å²) in [4.78, 5) is 35.7. The second-order valence-electron chi connectivity index (χ2n) is 1.15. The van der Waals surface area contributed by atoms with Gasteiger partial charge >= 0.3 is 75.5 Å². The smallest absolute Gasteiger partial charge is 0.543 e. The van der Waals surface area contributed by atoms with Gasteiger partial charge in [0.15, 0.2) is 0 Å². The molecule has 0 unspecified atom stereocenters. The summed E-state index contributed by atoms with van der Waals surface area (Å²) in [5.74, 6) is -8.74. The van der Waals surface area contributed by atoms with Gasteiger partial charge in [0.2, 0.25) is 0 Å². The van der Waals surface area contributed by atoms with Gasteiger partial charge in [-0.05, 0) is 0 Å². The number of aliphatic carboxylic acids is 4. The van der Waals surface area contributed by atoms with Crippen LogP contribution in [0.15, 0.2) is 0 Å². The van der Waals surface area contributed by atoms with Crippen molar-refractivity contribution in [3.05, 3.63) is 0 Å². The van der Waals surface area contributed by atoms with E-state index in [9.17, 15) is 0 Å². The molecule has 11 heteroatoms. The number of carbonyl (C=O) groups is 4. The van der Waals surface area contributed by atoms with E-state index in [0.29, 0.717) is 0 Å². The second kappa shape index (κ2) is 16.8. The normalized spacial score (nSPS) is 5.87. The van der Waals surface area contributed by atoms with Crippen molar-refractivity contribution in [3.63, 3.8) is 0 Å². The van der Waals surface area contributed by atoms with E-state index in [0.717, 1.165) is 0 Å². The maximum absolute atomic E-state index is 8.93. The molecule has 76 valence electrons. The molecule has 0 radical (unpaired) electrons. The van der Waals surface area contributed by atoms with Gasteiger partial charge in [0.1, 0.15) is 0 Å². The van der Waals surface area contributed by atoms with Gasteiger partial charge in [-0.3, -0.25) is 0 Å². The molecule has 0 atom stereocenters. The Balaban J connectivity index is -0.0000000370. The van der Waals surface area contributed by atoms with Gasteiger partial charge in [0.05, 0.1) is 23.9 Å². The number of carboxylic acids is 4. The maximum atomic E-state index is 8.93. The Morgan fingerprint density at radius 3 is 0.600 bits per heavy atom. The fourth-order valence-corrected chi connectivity index (χ4v) is 0. The van der Waals surface area contributed by atoms with Gasteiger partial charge in [-0.1, -0.05) is 0 Å². The van der Waals surface area contributed by atoms with Crippen molar-refractivity contribution in [2.75, 3.05) is 0 Å². The van der Waals surface area contributed by atoms with Crippen LogP contribution < -0.4 is 20.4 Å². The minimum Gasteiger partial charge on any atom is -0.543 e. The number of rotatable bonds is 0. The van der Waals surface area contributed by atoms with Crippen molar-refractivity contribution < 1.29 is 45.1 Å². The van der Waals surface area contributed by atoms with E-state index in [1.807, 2.05) is 0 Å². The Kier molecular flexibility index (Phi) is 33.0. The third-order valence-corrected chi connectivity index (χ3v) is 0.333. The molecular weight excluding hydrogens is 272 g/mol. The van der Waals surface area contributed by atoms with Crippen molar-refractivity contribution in [1.82, 2.24) is 0 Å². The largest absolute Gasteiger partial charge is 2.00 e. The van der Waals surface area contributed by atoms with Crippen LogP contribution in [0.4, 0.5) is 0 Å². The Morgan fingerprint density at radius 1 is 0.533 bits per heavy atom. The Hall–Kier alpha value is 0.359. The molecule has 2 N–H and O–H groups in total. The summed E-state index contributed by atoms with van der Waals surface area (Å²) in [6.45, 7) is 0.